The number of non-ortho nitro benzene ring substituents is 1. The molecule has 2 aromatic carbocycles. The molecule has 3 rings (SSSR count). The number of anilines is 1. The number of hydrogen-bond donors (Lipinski definition) is 1. The van der Waals surface area contributed by atoms with E-state index in [2.05, 4.69) is 15.5 Å². The highest BCUT2D eigenvalue weighted by molar-refractivity contribution is 5.57. The molecular formula is C18H18N4O5. The van der Waals surface area contributed by atoms with Crippen molar-refractivity contribution in [1.29, 1.82) is 0 Å². The Balaban J connectivity index is 1.64. The molecule has 3 aromatic rings. The molecule has 140 valence electrons. The van der Waals surface area contributed by atoms with Crippen LogP contribution in [0.3, 0.4) is 0 Å². The fraction of sp³-hybridized carbons (Fsp3) is 0.222. The first-order chi connectivity index (χ1) is 13.2. The first-order valence-electron chi connectivity index (χ1n) is 8.19. The van der Waals surface area contributed by atoms with Gasteiger partial charge in [0.15, 0.2) is 0 Å². The molecule has 0 radical (unpaired) electrons. The monoisotopic (exact) mass is 370 g/mol. The van der Waals surface area contributed by atoms with E-state index in [4.69, 9.17) is 14.0 Å². The molecule has 1 aromatic heterocycles. The summed E-state index contributed by atoms with van der Waals surface area (Å²) in [6.07, 6.45) is 0. The predicted octanol–water partition coefficient (Wildman–Crippen LogP) is 3.28. The standard InChI is InChI=1S/C18H18N4O5/c1-25-10-11-26-16-5-3-2-4-15(16)19-12-17-20-18(21-27-17)13-6-8-14(9-7-13)22(23)24/h2-9,19H,10-12H2,1H3. The molecule has 1 heterocycles. The van der Waals surface area contributed by atoms with Gasteiger partial charge in [0.25, 0.3) is 5.69 Å². The molecule has 0 aliphatic carbocycles. The second kappa shape index (κ2) is 8.77. The minimum Gasteiger partial charge on any atom is -0.489 e. The minimum atomic E-state index is -0.457. The fourth-order valence-corrected chi connectivity index (χ4v) is 2.32. The van der Waals surface area contributed by atoms with E-state index in [-0.39, 0.29) is 5.69 Å². The van der Waals surface area contributed by atoms with Gasteiger partial charge >= 0.3 is 0 Å². The van der Waals surface area contributed by atoms with E-state index in [9.17, 15) is 10.1 Å². The molecule has 0 bridgehead atoms. The van der Waals surface area contributed by atoms with Crippen LogP contribution in [-0.4, -0.2) is 35.4 Å². The summed E-state index contributed by atoms with van der Waals surface area (Å²) in [4.78, 5) is 14.6. The van der Waals surface area contributed by atoms with Crippen molar-refractivity contribution in [2.75, 3.05) is 25.6 Å². The van der Waals surface area contributed by atoms with E-state index < -0.39 is 4.92 Å². The van der Waals surface area contributed by atoms with Crippen molar-refractivity contribution < 1.29 is 18.9 Å². The third-order valence-corrected chi connectivity index (χ3v) is 3.67. The highest BCUT2D eigenvalue weighted by Gasteiger charge is 2.11. The number of nitrogens with one attached hydrogen (secondary N) is 1. The van der Waals surface area contributed by atoms with Gasteiger partial charge in [-0.05, 0) is 24.3 Å². The summed E-state index contributed by atoms with van der Waals surface area (Å²) in [7, 11) is 1.62. The van der Waals surface area contributed by atoms with Crippen molar-refractivity contribution in [3.8, 4) is 17.1 Å². The van der Waals surface area contributed by atoms with Crippen LogP contribution < -0.4 is 10.1 Å². The van der Waals surface area contributed by atoms with Crippen LogP contribution in [0.2, 0.25) is 0 Å². The van der Waals surface area contributed by atoms with E-state index >= 15 is 0 Å². The van der Waals surface area contributed by atoms with Gasteiger partial charge in [0.05, 0.1) is 23.8 Å². The highest BCUT2D eigenvalue weighted by atomic mass is 16.6. The van der Waals surface area contributed by atoms with Crippen molar-refractivity contribution in [3.63, 3.8) is 0 Å². The Bertz CT molecular complexity index is 895. The first-order valence-corrected chi connectivity index (χ1v) is 8.19. The molecule has 0 saturated heterocycles. The average molecular weight is 370 g/mol. The van der Waals surface area contributed by atoms with Gasteiger partial charge in [-0.15, -0.1) is 0 Å². The maximum Gasteiger partial charge on any atom is 0.269 e. The lowest BCUT2D eigenvalue weighted by Crippen LogP contribution is -2.07. The van der Waals surface area contributed by atoms with Crippen molar-refractivity contribution in [2.45, 2.75) is 6.54 Å². The van der Waals surface area contributed by atoms with Gasteiger partial charge in [0.1, 0.15) is 12.4 Å². The SMILES string of the molecule is COCCOc1ccccc1NCc1nc(-c2ccc([N+](=O)[O-])cc2)no1. The fourth-order valence-electron chi connectivity index (χ4n) is 2.32. The molecule has 0 aliphatic heterocycles. The lowest BCUT2D eigenvalue weighted by Gasteiger charge is -2.11. The van der Waals surface area contributed by atoms with E-state index in [1.165, 1.54) is 12.1 Å². The summed E-state index contributed by atoms with van der Waals surface area (Å²) in [5.41, 5.74) is 1.44. The summed E-state index contributed by atoms with van der Waals surface area (Å²) in [5, 5.41) is 17.8. The van der Waals surface area contributed by atoms with E-state index in [0.717, 1.165) is 5.69 Å². The predicted molar refractivity (Wildman–Crippen MR) is 97.5 cm³/mol. The van der Waals surface area contributed by atoms with Gasteiger partial charge in [0, 0.05) is 24.8 Å². The van der Waals surface area contributed by atoms with Crippen molar-refractivity contribution in [1.82, 2.24) is 10.1 Å². The van der Waals surface area contributed by atoms with Gasteiger partial charge in [0.2, 0.25) is 11.7 Å². The zero-order valence-electron chi connectivity index (χ0n) is 14.6. The number of aromatic nitrogens is 2. The normalized spacial score (nSPS) is 10.6. The van der Waals surface area contributed by atoms with Crippen LogP contribution in [-0.2, 0) is 11.3 Å². The number of ether oxygens (including phenoxy) is 2. The number of nitro benzene ring substituents is 1. The molecule has 9 heteroatoms. The lowest BCUT2D eigenvalue weighted by atomic mass is 10.2. The summed E-state index contributed by atoms with van der Waals surface area (Å²) < 4.78 is 15.9. The van der Waals surface area contributed by atoms with Crippen LogP contribution in [0.4, 0.5) is 11.4 Å². The molecule has 0 aliphatic rings. The summed E-state index contributed by atoms with van der Waals surface area (Å²) in [6, 6.07) is 13.5. The zero-order chi connectivity index (χ0) is 19.1. The molecule has 1 N–H and O–H groups in total. The Morgan fingerprint density at radius 3 is 2.67 bits per heavy atom. The second-order valence-electron chi connectivity index (χ2n) is 5.51. The molecular weight excluding hydrogens is 352 g/mol. The molecule has 0 unspecified atom stereocenters. The molecule has 0 fully saturated rings. The quantitative estimate of drug-likeness (QED) is 0.347. The average Bonchev–Trinajstić information content (AvgIpc) is 3.16. The second-order valence-corrected chi connectivity index (χ2v) is 5.51. The van der Waals surface area contributed by atoms with Gasteiger partial charge in [-0.2, -0.15) is 4.98 Å². The molecule has 0 atom stereocenters. The Morgan fingerprint density at radius 2 is 1.93 bits per heavy atom. The van der Waals surface area contributed by atoms with Gasteiger partial charge < -0.3 is 19.3 Å². The summed E-state index contributed by atoms with van der Waals surface area (Å²) in [5.74, 6) is 1.45. The van der Waals surface area contributed by atoms with Crippen LogP contribution in [0.25, 0.3) is 11.4 Å². The summed E-state index contributed by atoms with van der Waals surface area (Å²) in [6.45, 7) is 1.25. The maximum atomic E-state index is 10.7. The third kappa shape index (κ3) is 4.79. The smallest absolute Gasteiger partial charge is 0.269 e. The number of nitro groups is 1. The number of nitrogens with zero attached hydrogens (tertiary/aromatic N) is 3. The topological polar surface area (TPSA) is 113 Å². The molecule has 0 saturated carbocycles. The number of rotatable bonds is 9. The van der Waals surface area contributed by atoms with Crippen molar-refractivity contribution in [3.05, 3.63) is 64.5 Å². The van der Waals surface area contributed by atoms with Crippen LogP contribution in [0.1, 0.15) is 5.89 Å². The van der Waals surface area contributed by atoms with Gasteiger partial charge in [-0.25, -0.2) is 0 Å². The van der Waals surface area contributed by atoms with Crippen LogP contribution >= 0.6 is 0 Å². The first kappa shape index (κ1) is 18.3. The van der Waals surface area contributed by atoms with Crippen molar-refractivity contribution in [2.24, 2.45) is 0 Å². The van der Waals surface area contributed by atoms with E-state index in [1.807, 2.05) is 24.3 Å². The van der Waals surface area contributed by atoms with Crippen LogP contribution in [0.5, 0.6) is 5.75 Å². The Morgan fingerprint density at radius 1 is 1.15 bits per heavy atom. The Kier molecular flexibility index (Phi) is 5.95. The Hall–Kier alpha value is -3.46. The zero-order valence-corrected chi connectivity index (χ0v) is 14.6. The molecule has 0 spiro atoms. The van der Waals surface area contributed by atoms with Crippen molar-refractivity contribution >= 4 is 11.4 Å². The Labute approximate surface area is 155 Å². The largest absolute Gasteiger partial charge is 0.489 e. The third-order valence-electron chi connectivity index (χ3n) is 3.67. The number of para-hydroxylation sites is 2. The van der Waals surface area contributed by atoms with Gasteiger partial charge in [-0.3, -0.25) is 10.1 Å². The summed E-state index contributed by atoms with van der Waals surface area (Å²) >= 11 is 0. The van der Waals surface area contributed by atoms with Crippen LogP contribution in [0.15, 0.2) is 53.1 Å². The van der Waals surface area contributed by atoms with E-state index in [1.54, 1.807) is 19.2 Å². The van der Waals surface area contributed by atoms with E-state index in [0.29, 0.717) is 42.8 Å². The number of hydrogen-bond acceptors (Lipinski definition) is 8. The number of methoxy groups -OCH3 is 1. The lowest BCUT2D eigenvalue weighted by molar-refractivity contribution is -0.384. The maximum absolute atomic E-state index is 10.7. The van der Waals surface area contributed by atoms with Crippen LogP contribution in [0, 0.1) is 10.1 Å². The highest BCUT2D eigenvalue weighted by Crippen LogP contribution is 2.25. The molecule has 27 heavy (non-hydrogen) atoms. The minimum absolute atomic E-state index is 0.00853. The number of benzene rings is 2. The van der Waals surface area contributed by atoms with Gasteiger partial charge in [-0.1, -0.05) is 17.3 Å². The molecule has 9 nitrogen and oxygen atoms in total. The molecule has 0 amide bonds.